The van der Waals surface area contributed by atoms with E-state index in [9.17, 15) is 19.3 Å². The maximum absolute atomic E-state index is 15.0. The minimum Gasteiger partial charge on any atom is -0.352 e. The lowest BCUT2D eigenvalue weighted by atomic mass is 10.1. The number of halogens is 1. The molecule has 164 valence electrons. The predicted octanol–water partition coefficient (Wildman–Crippen LogP) is 2.42. The summed E-state index contributed by atoms with van der Waals surface area (Å²) in [6.45, 7) is 5.16. The summed E-state index contributed by atoms with van der Waals surface area (Å²) in [6, 6.07) is 5.49. The molecule has 32 heavy (non-hydrogen) atoms. The van der Waals surface area contributed by atoms with Gasteiger partial charge in [0.2, 0.25) is 5.43 Å². The second-order valence-electron chi connectivity index (χ2n) is 7.60. The number of fused-ring (bicyclic) bond motifs is 2. The fourth-order valence-electron chi connectivity index (χ4n) is 4.02. The number of nitrogens with zero attached hydrogens (tertiary/aromatic N) is 5. The molecule has 1 saturated heterocycles. The smallest absolute Gasteiger partial charge is 0.271 e. The molecule has 0 bridgehead atoms. The van der Waals surface area contributed by atoms with Gasteiger partial charge in [0.15, 0.2) is 11.6 Å². The topological polar surface area (TPSA) is 122 Å². The first kappa shape index (κ1) is 20.1. The van der Waals surface area contributed by atoms with Gasteiger partial charge in [0.25, 0.3) is 5.69 Å². The van der Waals surface area contributed by atoms with E-state index in [1.807, 2.05) is 11.8 Å². The normalized spacial score (nSPS) is 14.4. The van der Waals surface area contributed by atoms with Crippen molar-refractivity contribution >= 4 is 33.6 Å². The fourth-order valence-corrected chi connectivity index (χ4v) is 4.02. The van der Waals surface area contributed by atoms with Crippen LogP contribution in [0, 0.1) is 15.9 Å². The van der Waals surface area contributed by atoms with Crippen molar-refractivity contribution in [3.63, 3.8) is 0 Å². The van der Waals surface area contributed by atoms with E-state index in [-0.39, 0.29) is 28.3 Å². The molecule has 5 rings (SSSR count). The number of nitro groups is 1. The molecule has 0 saturated carbocycles. The molecule has 0 radical (unpaired) electrons. The summed E-state index contributed by atoms with van der Waals surface area (Å²) in [7, 11) is 0. The van der Waals surface area contributed by atoms with Crippen LogP contribution in [-0.2, 0) is 6.54 Å². The van der Waals surface area contributed by atoms with Gasteiger partial charge < -0.3 is 19.8 Å². The molecule has 0 spiro atoms. The highest BCUT2D eigenvalue weighted by atomic mass is 19.1. The third-order valence-electron chi connectivity index (χ3n) is 5.67. The summed E-state index contributed by atoms with van der Waals surface area (Å²) in [5.41, 5.74) is 1.10. The van der Waals surface area contributed by atoms with E-state index >= 15 is 0 Å². The summed E-state index contributed by atoms with van der Waals surface area (Å²) in [6.07, 6.45) is 1.64. The lowest BCUT2D eigenvalue weighted by molar-refractivity contribution is -0.384. The van der Waals surface area contributed by atoms with Gasteiger partial charge in [0, 0.05) is 51.1 Å². The Bertz CT molecular complexity index is 1420. The third-order valence-corrected chi connectivity index (χ3v) is 5.67. The van der Waals surface area contributed by atoms with Gasteiger partial charge in [0.1, 0.15) is 11.5 Å². The first-order chi connectivity index (χ1) is 15.5. The van der Waals surface area contributed by atoms with Crippen LogP contribution in [-0.4, -0.2) is 50.6 Å². The molecule has 2 N–H and O–H groups in total. The number of nitrogens with one attached hydrogen (secondary N) is 2. The van der Waals surface area contributed by atoms with Crippen LogP contribution in [0.5, 0.6) is 0 Å². The Balaban J connectivity index is 1.68. The first-order valence-corrected chi connectivity index (χ1v) is 10.3. The van der Waals surface area contributed by atoms with E-state index < -0.39 is 16.2 Å². The maximum atomic E-state index is 15.0. The van der Waals surface area contributed by atoms with Crippen LogP contribution in [0.1, 0.15) is 6.92 Å². The average Bonchev–Trinajstić information content (AvgIpc) is 3.23. The number of aromatic nitrogens is 4. The summed E-state index contributed by atoms with van der Waals surface area (Å²) in [4.78, 5) is 37.6. The van der Waals surface area contributed by atoms with Crippen LogP contribution in [0.15, 0.2) is 35.3 Å². The Morgan fingerprint density at radius 1 is 1.22 bits per heavy atom. The van der Waals surface area contributed by atoms with Gasteiger partial charge in [-0.05, 0) is 19.1 Å². The first-order valence-electron chi connectivity index (χ1n) is 10.3. The number of piperazine rings is 1. The number of anilines is 1. The number of benzene rings is 1. The molecule has 1 fully saturated rings. The molecule has 0 atom stereocenters. The van der Waals surface area contributed by atoms with E-state index in [0.29, 0.717) is 36.3 Å². The van der Waals surface area contributed by atoms with Gasteiger partial charge in [-0.1, -0.05) is 0 Å². The Hall–Kier alpha value is -3.86. The highest BCUT2D eigenvalue weighted by molar-refractivity contribution is 5.85. The van der Waals surface area contributed by atoms with Crippen molar-refractivity contribution in [3.8, 4) is 11.4 Å². The summed E-state index contributed by atoms with van der Waals surface area (Å²) < 4.78 is 16.8. The van der Waals surface area contributed by atoms with Crippen molar-refractivity contribution < 1.29 is 9.31 Å². The van der Waals surface area contributed by atoms with Crippen LogP contribution in [0.2, 0.25) is 0 Å². The standard InChI is InChI=1S/C21H20FN7O3/c1-2-27-11-14(19-24-16-4-3-12(29(31)32)9-17(16)25-19)18(30)13-10-15(22)21(26-20(13)27)28-7-5-23-6-8-28/h3-4,9-11,23H,2,5-8H2,1H3,(H,24,25). The molecular formula is C21H20FN7O3. The number of aromatic amines is 1. The third kappa shape index (κ3) is 3.26. The average molecular weight is 437 g/mol. The van der Waals surface area contributed by atoms with Crippen molar-refractivity contribution in [2.24, 2.45) is 0 Å². The molecule has 1 aromatic carbocycles. The Kier molecular flexibility index (Phi) is 4.82. The SMILES string of the molecule is CCn1cc(-c2nc3ccc([N+](=O)[O-])cc3[nH]2)c(=O)c2cc(F)c(N3CCNCC3)nc21. The minimum absolute atomic E-state index is 0.0797. The van der Waals surface area contributed by atoms with Crippen molar-refractivity contribution in [2.75, 3.05) is 31.1 Å². The van der Waals surface area contributed by atoms with Crippen LogP contribution in [0.25, 0.3) is 33.5 Å². The molecule has 0 aliphatic carbocycles. The highest BCUT2D eigenvalue weighted by Gasteiger charge is 2.21. The van der Waals surface area contributed by atoms with Crippen molar-refractivity contribution in [1.82, 2.24) is 24.8 Å². The number of nitro benzene ring substituents is 1. The molecule has 0 amide bonds. The van der Waals surface area contributed by atoms with Gasteiger partial charge in [-0.15, -0.1) is 0 Å². The van der Waals surface area contributed by atoms with Crippen molar-refractivity contribution in [3.05, 3.63) is 56.6 Å². The number of non-ortho nitro benzene ring substituents is 1. The Labute approximate surface area is 180 Å². The van der Waals surface area contributed by atoms with Gasteiger partial charge in [0.05, 0.1) is 26.9 Å². The van der Waals surface area contributed by atoms with Crippen molar-refractivity contribution in [1.29, 1.82) is 0 Å². The molecule has 0 unspecified atom stereocenters. The van der Waals surface area contributed by atoms with E-state index in [1.165, 1.54) is 24.3 Å². The zero-order valence-electron chi connectivity index (χ0n) is 17.3. The molecule has 4 heterocycles. The van der Waals surface area contributed by atoms with Crippen LogP contribution in [0.3, 0.4) is 0 Å². The molecule has 11 heteroatoms. The maximum Gasteiger partial charge on any atom is 0.271 e. The van der Waals surface area contributed by atoms with Gasteiger partial charge in [-0.25, -0.2) is 14.4 Å². The van der Waals surface area contributed by atoms with Gasteiger partial charge in [-0.2, -0.15) is 0 Å². The van der Waals surface area contributed by atoms with E-state index in [0.717, 1.165) is 13.1 Å². The Morgan fingerprint density at radius 2 is 2.00 bits per heavy atom. The van der Waals surface area contributed by atoms with Crippen molar-refractivity contribution in [2.45, 2.75) is 13.5 Å². The zero-order valence-corrected chi connectivity index (χ0v) is 17.3. The summed E-state index contributed by atoms with van der Waals surface area (Å²) in [5.74, 6) is -0.0397. The molecule has 1 aliphatic rings. The fraction of sp³-hybridized carbons (Fsp3) is 0.286. The number of pyridine rings is 2. The second kappa shape index (κ2) is 7.68. The molecular weight excluding hydrogens is 417 g/mol. The Morgan fingerprint density at radius 3 is 2.72 bits per heavy atom. The lowest BCUT2D eigenvalue weighted by Gasteiger charge is -2.29. The number of hydrogen-bond acceptors (Lipinski definition) is 7. The summed E-state index contributed by atoms with van der Waals surface area (Å²) >= 11 is 0. The molecule has 10 nitrogen and oxygen atoms in total. The zero-order chi connectivity index (χ0) is 22.4. The van der Waals surface area contributed by atoms with Crippen LogP contribution < -0.4 is 15.6 Å². The largest absolute Gasteiger partial charge is 0.352 e. The molecule has 3 aromatic heterocycles. The lowest BCUT2D eigenvalue weighted by Crippen LogP contribution is -2.44. The number of aryl methyl sites for hydroxylation is 1. The van der Waals surface area contributed by atoms with E-state index in [1.54, 1.807) is 10.8 Å². The van der Waals surface area contributed by atoms with Crippen LogP contribution >= 0.6 is 0 Å². The minimum atomic E-state index is -0.545. The second-order valence-corrected chi connectivity index (χ2v) is 7.60. The number of hydrogen-bond donors (Lipinski definition) is 2. The monoisotopic (exact) mass is 437 g/mol. The van der Waals surface area contributed by atoms with E-state index in [4.69, 9.17) is 0 Å². The molecule has 4 aromatic rings. The molecule has 1 aliphatic heterocycles. The van der Waals surface area contributed by atoms with E-state index in [2.05, 4.69) is 20.3 Å². The quantitative estimate of drug-likeness (QED) is 0.371. The number of imidazole rings is 1. The number of rotatable bonds is 4. The summed E-state index contributed by atoms with van der Waals surface area (Å²) in [5, 5.41) is 14.4. The van der Waals surface area contributed by atoms with Gasteiger partial charge in [-0.3, -0.25) is 14.9 Å². The van der Waals surface area contributed by atoms with Crippen LogP contribution in [0.4, 0.5) is 15.9 Å². The van der Waals surface area contributed by atoms with Gasteiger partial charge >= 0.3 is 0 Å². The number of H-pyrrole nitrogens is 1. The predicted molar refractivity (Wildman–Crippen MR) is 118 cm³/mol. The highest BCUT2D eigenvalue weighted by Crippen LogP contribution is 2.26.